The van der Waals surface area contributed by atoms with Crippen LogP contribution in [-0.2, 0) is 6.61 Å². The zero-order valence-electron chi connectivity index (χ0n) is 11.3. The van der Waals surface area contributed by atoms with E-state index >= 15 is 0 Å². The summed E-state index contributed by atoms with van der Waals surface area (Å²) in [7, 11) is 1.55. The van der Waals surface area contributed by atoms with Gasteiger partial charge < -0.3 is 15.2 Å². The average Bonchev–Trinajstić information content (AvgIpc) is 2.46. The van der Waals surface area contributed by atoms with E-state index in [1.165, 1.54) is 0 Å². The van der Waals surface area contributed by atoms with Crippen LogP contribution in [0.2, 0.25) is 0 Å². The van der Waals surface area contributed by atoms with Gasteiger partial charge in [0, 0.05) is 5.56 Å². The van der Waals surface area contributed by atoms with E-state index in [1.807, 2.05) is 0 Å². The van der Waals surface area contributed by atoms with Crippen molar-refractivity contribution in [2.45, 2.75) is 6.61 Å². The number of ether oxygens (including phenoxy) is 2. The smallest absolute Gasteiger partial charge is 0.191 e. The van der Waals surface area contributed by atoms with E-state index < -0.39 is 23.2 Å². The van der Waals surface area contributed by atoms with Crippen molar-refractivity contribution in [3.63, 3.8) is 0 Å². The Bertz CT molecular complexity index is 634. The van der Waals surface area contributed by atoms with Gasteiger partial charge in [0.2, 0.25) is 0 Å². The number of halogens is 2. The molecule has 0 aromatic heterocycles. The molecular weight excluding hydrogens is 278 g/mol. The summed E-state index contributed by atoms with van der Waals surface area (Å²) in [5, 5.41) is 7.17. The summed E-state index contributed by atoms with van der Waals surface area (Å²) >= 11 is 0. The zero-order chi connectivity index (χ0) is 15.4. The van der Waals surface area contributed by atoms with Crippen LogP contribution in [-0.4, -0.2) is 12.9 Å². The highest BCUT2D eigenvalue weighted by molar-refractivity contribution is 5.95. The van der Waals surface area contributed by atoms with Gasteiger partial charge in [0.05, 0.1) is 7.11 Å². The summed E-state index contributed by atoms with van der Waals surface area (Å²) in [6, 6.07) is 8.86. The maximum absolute atomic E-state index is 13.8. The van der Waals surface area contributed by atoms with Crippen LogP contribution in [0, 0.1) is 17.0 Å². The predicted molar refractivity (Wildman–Crippen MR) is 74.7 cm³/mol. The molecule has 0 unspecified atom stereocenters. The van der Waals surface area contributed by atoms with Crippen molar-refractivity contribution in [2.24, 2.45) is 5.73 Å². The summed E-state index contributed by atoms with van der Waals surface area (Å²) in [6.07, 6.45) is 0. The molecule has 2 aromatic rings. The monoisotopic (exact) mass is 292 g/mol. The number of methoxy groups -OCH3 is 1. The molecule has 0 heterocycles. The lowest BCUT2D eigenvalue weighted by atomic mass is 10.2. The minimum atomic E-state index is -0.895. The van der Waals surface area contributed by atoms with Crippen LogP contribution in [0.5, 0.6) is 11.5 Å². The fraction of sp³-hybridized carbons (Fsp3) is 0.133. The van der Waals surface area contributed by atoms with Crippen LogP contribution in [0.15, 0.2) is 36.4 Å². The highest BCUT2D eigenvalue weighted by Crippen LogP contribution is 2.24. The van der Waals surface area contributed by atoms with Gasteiger partial charge in [0.1, 0.15) is 18.2 Å². The normalized spacial score (nSPS) is 10.2. The average molecular weight is 292 g/mol. The van der Waals surface area contributed by atoms with Gasteiger partial charge in [-0.25, -0.2) is 8.78 Å². The number of hydrogen-bond donors (Lipinski definition) is 2. The molecule has 0 aliphatic heterocycles. The minimum absolute atomic E-state index is 0.0112. The van der Waals surface area contributed by atoms with Crippen molar-refractivity contribution in [2.75, 3.05) is 7.11 Å². The van der Waals surface area contributed by atoms with E-state index in [4.69, 9.17) is 20.6 Å². The Labute approximate surface area is 120 Å². The first kappa shape index (κ1) is 14.8. The second-order valence-corrected chi connectivity index (χ2v) is 4.32. The number of benzene rings is 2. The molecule has 0 bridgehead atoms. The fourth-order valence-electron chi connectivity index (χ4n) is 1.73. The van der Waals surface area contributed by atoms with Crippen molar-refractivity contribution in [3.8, 4) is 11.5 Å². The number of amidine groups is 1. The zero-order valence-corrected chi connectivity index (χ0v) is 11.3. The van der Waals surface area contributed by atoms with Gasteiger partial charge in [0.15, 0.2) is 17.4 Å². The molecule has 0 aliphatic carbocycles. The van der Waals surface area contributed by atoms with Crippen molar-refractivity contribution >= 4 is 5.84 Å². The minimum Gasteiger partial charge on any atom is -0.497 e. The Morgan fingerprint density at radius 2 is 1.71 bits per heavy atom. The number of nitrogens with one attached hydrogen (secondary N) is 1. The van der Waals surface area contributed by atoms with Crippen molar-refractivity contribution < 1.29 is 18.3 Å². The maximum Gasteiger partial charge on any atom is 0.191 e. The molecule has 4 nitrogen and oxygen atoms in total. The van der Waals surface area contributed by atoms with E-state index in [1.54, 1.807) is 31.4 Å². The third-order valence-electron chi connectivity index (χ3n) is 2.85. The molecule has 0 atom stereocenters. The van der Waals surface area contributed by atoms with Crippen molar-refractivity contribution in [3.05, 3.63) is 59.2 Å². The fourth-order valence-corrected chi connectivity index (χ4v) is 1.73. The Balaban J connectivity index is 2.14. The molecule has 21 heavy (non-hydrogen) atoms. The lowest BCUT2D eigenvalue weighted by Gasteiger charge is -2.10. The van der Waals surface area contributed by atoms with Crippen LogP contribution < -0.4 is 15.2 Å². The van der Waals surface area contributed by atoms with Gasteiger partial charge in [-0.1, -0.05) is 12.1 Å². The molecule has 3 N–H and O–H groups in total. The highest BCUT2D eigenvalue weighted by atomic mass is 19.1. The molecular formula is C15H14F2N2O2. The summed E-state index contributed by atoms with van der Waals surface area (Å²) in [4.78, 5) is 0. The summed E-state index contributed by atoms with van der Waals surface area (Å²) in [6.45, 7) is 0.0112. The Morgan fingerprint density at radius 3 is 2.19 bits per heavy atom. The molecule has 0 fully saturated rings. The lowest BCUT2D eigenvalue weighted by molar-refractivity contribution is 0.274. The molecule has 0 spiro atoms. The van der Waals surface area contributed by atoms with Crippen LogP contribution >= 0.6 is 0 Å². The first-order valence-electron chi connectivity index (χ1n) is 6.10. The summed E-state index contributed by atoms with van der Waals surface area (Å²) < 4.78 is 37.7. The Hall–Kier alpha value is -2.63. The maximum atomic E-state index is 13.8. The largest absolute Gasteiger partial charge is 0.497 e. The quantitative estimate of drug-likeness (QED) is 0.657. The molecule has 110 valence electrons. The second-order valence-electron chi connectivity index (χ2n) is 4.32. The first-order valence-corrected chi connectivity index (χ1v) is 6.10. The Morgan fingerprint density at radius 1 is 1.14 bits per heavy atom. The second kappa shape index (κ2) is 6.21. The number of rotatable bonds is 5. The third kappa shape index (κ3) is 3.47. The molecule has 0 saturated carbocycles. The van der Waals surface area contributed by atoms with E-state index in [-0.39, 0.29) is 12.2 Å². The van der Waals surface area contributed by atoms with Crippen LogP contribution in [0.1, 0.15) is 11.1 Å². The van der Waals surface area contributed by atoms with Gasteiger partial charge >= 0.3 is 0 Å². The van der Waals surface area contributed by atoms with Gasteiger partial charge in [-0.15, -0.1) is 0 Å². The standard InChI is InChI=1S/C15H14F2N2O2/c1-20-11-4-2-9(3-5-11)8-21-14-12(16)6-10(15(18)19)7-13(14)17/h2-7H,8H2,1H3,(H3,18,19). The molecule has 0 saturated heterocycles. The topological polar surface area (TPSA) is 68.3 Å². The molecule has 0 amide bonds. The lowest BCUT2D eigenvalue weighted by Crippen LogP contribution is -2.12. The molecule has 2 aromatic carbocycles. The van der Waals surface area contributed by atoms with Crippen molar-refractivity contribution in [1.82, 2.24) is 0 Å². The molecule has 6 heteroatoms. The summed E-state index contributed by atoms with van der Waals surface area (Å²) in [5.41, 5.74) is 5.91. The number of hydrogen-bond acceptors (Lipinski definition) is 3. The van der Waals surface area contributed by atoms with E-state index in [0.717, 1.165) is 17.7 Å². The van der Waals surface area contributed by atoms with Gasteiger partial charge in [-0.2, -0.15) is 0 Å². The number of nitrogens with two attached hydrogens (primary N) is 1. The third-order valence-corrected chi connectivity index (χ3v) is 2.85. The first-order chi connectivity index (χ1) is 10.0. The van der Waals surface area contributed by atoms with Crippen LogP contribution in [0.25, 0.3) is 0 Å². The molecule has 0 aliphatic rings. The molecule has 2 rings (SSSR count). The van der Waals surface area contributed by atoms with Crippen LogP contribution in [0.3, 0.4) is 0 Å². The van der Waals surface area contributed by atoms with E-state index in [9.17, 15) is 8.78 Å². The van der Waals surface area contributed by atoms with Gasteiger partial charge in [0.25, 0.3) is 0 Å². The Kier molecular flexibility index (Phi) is 4.37. The predicted octanol–water partition coefficient (Wildman–Crippen LogP) is 2.84. The van der Waals surface area contributed by atoms with Crippen molar-refractivity contribution in [1.29, 1.82) is 5.41 Å². The molecule has 0 radical (unpaired) electrons. The highest BCUT2D eigenvalue weighted by Gasteiger charge is 2.14. The van der Waals surface area contributed by atoms with Gasteiger partial charge in [-0.05, 0) is 29.8 Å². The SMILES string of the molecule is COc1ccc(COc2c(F)cc(C(=N)N)cc2F)cc1. The van der Waals surface area contributed by atoms with Crippen LogP contribution in [0.4, 0.5) is 8.78 Å². The van der Waals surface area contributed by atoms with E-state index in [2.05, 4.69) is 0 Å². The van der Waals surface area contributed by atoms with Gasteiger partial charge in [-0.3, -0.25) is 5.41 Å². The number of nitrogen functional groups attached to an aromatic ring is 1. The van der Waals surface area contributed by atoms with E-state index in [0.29, 0.717) is 5.75 Å². The summed E-state index contributed by atoms with van der Waals surface area (Å²) in [5.74, 6) is -2.00.